The number of carbonyl (C=O) groups is 1. The summed E-state index contributed by atoms with van der Waals surface area (Å²) in [4.78, 5) is 18.0. The average molecular weight is 337 g/mol. The number of aryl methyl sites for hydroxylation is 1. The van der Waals surface area contributed by atoms with Crippen LogP contribution in [0, 0.1) is 6.92 Å². The highest BCUT2D eigenvalue weighted by atomic mass is 19.4. The van der Waals surface area contributed by atoms with Crippen LogP contribution in [0.4, 0.5) is 13.2 Å². The zero-order valence-corrected chi connectivity index (χ0v) is 13.2. The van der Waals surface area contributed by atoms with E-state index in [-0.39, 0.29) is 24.9 Å². The average Bonchev–Trinajstić information content (AvgIpc) is 2.52. The van der Waals surface area contributed by atoms with Crippen LogP contribution >= 0.6 is 0 Å². The lowest BCUT2D eigenvalue weighted by Crippen LogP contribution is -2.56. The molecule has 2 atom stereocenters. The summed E-state index contributed by atoms with van der Waals surface area (Å²) in [5.41, 5.74) is 7.11. The molecule has 0 saturated carbocycles. The molecule has 0 unspecified atom stereocenters. The van der Waals surface area contributed by atoms with Crippen molar-refractivity contribution in [2.45, 2.75) is 38.0 Å². The van der Waals surface area contributed by atoms with Gasteiger partial charge in [-0.3, -0.25) is 9.78 Å². The van der Waals surface area contributed by atoms with Crippen molar-refractivity contribution in [2.75, 3.05) is 6.54 Å². The highest BCUT2D eigenvalue weighted by Crippen LogP contribution is 2.33. The second-order valence-corrected chi connectivity index (χ2v) is 6.18. The molecule has 24 heavy (non-hydrogen) atoms. The molecule has 128 valence electrons. The summed E-state index contributed by atoms with van der Waals surface area (Å²) in [7, 11) is 0. The molecule has 2 heterocycles. The van der Waals surface area contributed by atoms with Gasteiger partial charge in [-0.1, -0.05) is 18.2 Å². The van der Waals surface area contributed by atoms with Gasteiger partial charge in [0.2, 0.25) is 0 Å². The minimum absolute atomic E-state index is 0.106. The van der Waals surface area contributed by atoms with Crippen LogP contribution in [0.25, 0.3) is 10.9 Å². The number of piperidine rings is 1. The fourth-order valence-electron chi connectivity index (χ4n) is 3.14. The van der Waals surface area contributed by atoms with Crippen molar-refractivity contribution in [3.05, 3.63) is 41.6 Å². The third-order valence-corrected chi connectivity index (χ3v) is 4.35. The number of hydrogen-bond acceptors (Lipinski definition) is 3. The van der Waals surface area contributed by atoms with E-state index in [1.165, 1.54) is 6.07 Å². The predicted molar refractivity (Wildman–Crippen MR) is 84.6 cm³/mol. The van der Waals surface area contributed by atoms with Gasteiger partial charge in [-0.25, -0.2) is 0 Å². The van der Waals surface area contributed by atoms with Crippen LogP contribution in [-0.4, -0.2) is 40.6 Å². The number of para-hydroxylation sites is 1. The predicted octanol–water partition coefficient (Wildman–Crippen LogP) is 3.04. The van der Waals surface area contributed by atoms with Crippen molar-refractivity contribution >= 4 is 16.8 Å². The molecular weight excluding hydrogens is 319 g/mol. The summed E-state index contributed by atoms with van der Waals surface area (Å²) in [6, 6.07) is 6.30. The van der Waals surface area contributed by atoms with Gasteiger partial charge in [0.25, 0.3) is 5.91 Å². The highest BCUT2D eigenvalue weighted by Gasteiger charge is 2.47. The highest BCUT2D eigenvalue weighted by molar-refractivity contribution is 6.05. The van der Waals surface area contributed by atoms with Crippen molar-refractivity contribution in [2.24, 2.45) is 5.73 Å². The maximum Gasteiger partial charge on any atom is 0.408 e. The van der Waals surface area contributed by atoms with Crippen molar-refractivity contribution in [1.82, 2.24) is 9.88 Å². The number of amides is 1. The van der Waals surface area contributed by atoms with E-state index in [0.29, 0.717) is 11.2 Å². The van der Waals surface area contributed by atoms with Gasteiger partial charge in [-0.15, -0.1) is 0 Å². The number of aromatic nitrogens is 1. The van der Waals surface area contributed by atoms with Crippen LogP contribution in [0.5, 0.6) is 0 Å². The summed E-state index contributed by atoms with van der Waals surface area (Å²) in [6.45, 7) is 1.67. The first-order valence-electron chi connectivity index (χ1n) is 7.77. The molecule has 4 nitrogen and oxygen atoms in total. The van der Waals surface area contributed by atoms with Gasteiger partial charge in [0, 0.05) is 23.7 Å². The maximum atomic E-state index is 13.3. The van der Waals surface area contributed by atoms with Gasteiger partial charge >= 0.3 is 6.18 Å². The van der Waals surface area contributed by atoms with Gasteiger partial charge in [0.1, 0.15) is 6.04 Å². The number of benzene rings is 1. The molecule has 1 aliphatic heterocycles. The molecule has 1 aromatic heterocycles. The number of pyridine rings is 1. The molecule has 1 aliphatic rings. The molecule has 1 saturated heterocycles. The van der Waals surface area contributed by atoms with Crippen LogP contribution in [0.2, 0.25) is 0 Å². The quantitative estimate of drug-likeness (QED) is 0.870. The number of alkyl halides is 3. The van der Waals surface area contributed by atoms with Crippen LogP contribution in [-0.2, 0) is 0 Å². The number of fused-ring (bicyclic) bond motifs is 1. The first-order valence-corrected chi connectivity index (χ1v) is 7.77. The van der Waals surface area contributed by atoms with E-state index in [1.54, 1.807) is 31.2 Å². The lowest BCUT2D eigenvalue weighted by Gasteiger charge is -2.39. The van der Waals surface area contributed by atoms with Crippen molar-refractivity contribution in [3.8, 4) is 0 Å². The minimum atomic E-state index is -4.47. The van der Waals surface area contributed by atoms with E-state index < -0.39 is 24.2 Å². The lowest BCUT2D eigenvalue weighted by atomic mass is 9.96. The zero-order chi connectivity index (χ0) is 17.5. The summed E-state index contributed by atoms with van der Waals surface area (Å²) in [5.74, 6) is -0.670. The van der Waals surface area contributed by atoms with Gasteiger partial charge in [0.15, 0.2) is 0 Å². The number of hydrogen-bond donors (Lipinski definition) is 1. The third kappa shape index (κ3) is 3.08. The molecule has 1 fully saturated rings. The van der Waals surface area contributed by atoms with E-state index >= 15 is 0 Å². The molecule has 1 aromatic carbocycles. The molecule has 2 N–H and O–H groups in total. The molecule has 1 amide bonds. The fraction of sp³-hybridized carbons (Fsp3) is 0.412. The Morgan fingerprint density at radius 3 is 2.71 bits per heavy atom. The number of rotatable bonds is 1. The second kappa shape index (κ2) is 6.05. The molecule has 0 aliphatic carbocycles. The second-order valence-electron chi connectivity index (χ2n) is 6.18. The summed E-state index contributed by atoms with van der Waals surface area (Å²) < 4.78 is 40.0. The van der Waals surface area contributed by atoms with Gasteiger partial charge in [0.05, 0.1) is 11.1 Å². The van der Waals surface area contributed by atoms with Crippen molar-refractivity contribution < 1.29 is 18.0 Å². The minimum Gasteiger partial charge on any atom is -0.326 e. The Labute approximate surface area is 137 Å². The first-order chi connectivity index (χ1) is 11.3. The van der Waals surface area contributed by atoms with Crippen molar-refractivity contribution in [1.29, 1.82) is 0 Å². The largest absolute Gasteiger partial charge is 0.408 e. The summed E-state index contributed by atoms with van der Waals surface area (Å²) in [5, 5.41) is 0.719. The number of nitrogens with two attached hydrogens (primary N) is 1. The standard InChI is InChI=1S/C17H18F3N3O/c1-10-5-6-11-3-2-4-13(15(11)22-10)16(24)23-9-12(21)7-8-14(23)17(18,19)20/h2-6,12,14H,7-9,21H2,1H3/t12-,14+/m1/s1. The SMILES string of the molecule is Cc1ccc2cccc(C(=O)N3C[C@H](N)CC[C@H]3C(F)(F)F)c2n1. The Morgan fingerprint density at radius 1 is 1.25 bits per heavy atom. The Kier molecular flexibility index (Phi) is 4.21. The molecule has 0 bridgehead atoms. The normalized spacial score (nSPS) is 22.0. The van der Waals surface area contributed by atoms with Crippen LogP contribution in [0.3, 0.4) is 0 Å². The third-order valence-electron chi connectivity index (χ3n) is 4.35. The molecule has 7 heteroatoms. The van der Waals surface area contributed by atoms with Gasteiger partial charge < -0.3 is 10.6 Å². The van der Waals surface area contributed by atoms with Crippen LogP contribution in [0.1, 0.15) is 28.9 Å². The fourth-order valence-corrected chi connectivity index (χ4v) is 3.14. The maximum absolute atomic E-state index is 13.3. The van der Waals surface area contributed by atoms with Crippen LogP contribution < -0.4 is 5.73 Å². The van der Waals surface area contributed by atoms with Gasteiger partial charge in [-0.2, -0.15) is 13.2 Å². The Balaban J connectivity index is 2.05. The van der Waals surface area contributed by atoms with Crippen molar-refractivity contribution in [3.63, 3.8) is 0 Å². The first kappa shape index (κ1) is 16.7. The number of nitrogens with zero attached hydrogens (tertiary/aromatic N) is 2. The molecule has 0 radical (unpaired) electrons. The Morgan fingerprint density at radius 2 is 2.00 bits per heavy atom. The van der Waals surface area contributed by atoms with Crippen LogP contribution in [0.15, 0.2) is 30.3 Å². The van der Waals surface area contributed by atoms with E-state index in [4.69, 9.17) is 5.73 Å². The Bertz CT molecular complexity index is 775. The van der Waals surface area contributed by atoms with E-state index in [2.05, 4.69) is 4.98 Å². The summed E-state index contributed by atoms with van der Waals surface area (Å²) in [6.07, 6.45) is -4.39. The Hall–Kier alpha value is -2.15. The lowest BCUT2D eigenvalue weighted by molar-refractivity contribution is -0.184. The van der Waals surface area contributed by atoms with Gasteiger partial charge in [-0.05, 0) is 31.9 Å². The number of carbonyl (C=O) groups excluding carboxylic acids is 1. The zero-order valence-electron chi connectivity index (χ0n) is 13.2. The smallest absolute Gasteiger partial charge is 0.326 e. The molecule has 2 aromatic rings. The molecule has 3 rings (SSSR count). The van der Waals surface area contributed by atoms with E-state index in [0.717, 1.165) is 10.3 Å². The van der Waals surface area contributed by atoms with E-state index in [9.17, 15) is 18.0 Å². The topological polar surface area (TPSA) is 59.2 Å². The number of halogens is 3. The summed E-state index contributed by atoms with van der Waals surface area (Å²) >= 11 is 0. The molecule has 0 spiro atoms. The molecular formula is C17H18F3N3O. The van der Waals surface area contributed by atoms with E-state index in [1.807, 2.05) is 0 Å². The number of likely N-dealkylation sites (tertiary alicyclic amines) is 1. The monoisotopic (exact) mass is 337 g/mol.